The molecule has 2 aromatic heterocycles. The minimum atomic E-state index is -0.660. The van der Waals surface area contributed by atoms with E-state index >= 15 is 0 Å². The Labute approximate surface area is 192 Å². The number of aryl methyl sites for hydroxylation is 2. The van der Waals surface area contributed by atoms with E-state index in [0.717, 1.165) is 28.6 Å². The van der Waals surface area contributed by atoms with Crippen LogP contribution in [0, 0.1) is 13.8 Å². The number of carbonyl (C=O) groups excluding carboxylic acids is 2. The van der Waals surface area contributed by atoms with Crippen LogP contribution >= 0.6 is 23.1 Å². The molecule has 0 bridgehead atoms. The highest BCUT2D eigenvalue weighted by Gasteiger charge is 2.17. The van der Waals surface area contributed by atoms with Crippen molar-refractivity contribution in [2.45, 2.75) is 25.4 Å². The van der Waals surface area contributed by atoms with Crippen molar-refractivity contribution in [2.24, 2.45) is 7.05 Å². The van der Waals surface area contributed by atoms with Gasteiger partial charge in [0, 0.05) is 30.1 Å². The maximum atomic E-state index is 12.7. The molecule has 0 unspecified atom stereocenters. The summed E-state index contributed by atoms with van der Waals surface area (Å²) in [5, 5.41) is 5.92. The van der Waals surface area contributed by atoms with Gasteiger partial charge in [0.05, 0.1) is 24.4 Å². The van der Waals surface area contributed by atoms with Gasteiger partial charge in [-0.1, -0.05) is 11.8 Å². The van der Waals surface area contributed by atoms with E-state index in [0.29, 0.717) is 45.8 Å². The molecule has 3 aromatic rings. The Hall–Kier alpha value is -3.05. The highest BCUT2D eigenvalue weighted by Crippen LogP contribution is 2.32. The topological polar surface area (TPSA) is 112 Å². The first kappa shape index (κ1) is 22.2. The van der Waals surface area contributed by atoms with Crippen LogP contribution in [0.4, 0.5) is 10.5 Å². The standard InChI is InChI=1S/C21H22N4O5S2/c1-11-12(2)32-18-17(11)19(27)25(3)21(24-18)31-10-16(26)23-20(28)22-13-5-6-14-15(9-13)30-8-4-7-29-14/h5-6,9H,4,7-8,10H2,1-3H3,(H2,22,23,26,28). The van der Waals surface area contributed by atoms with Crippen molar-refractivity contribution in [1.82, 2.24) is 14.9 Å². The normalized spacial score (nSPS) is 13.0. The van der Waals surface area contributed by atoms with Crippen molar-refractivity contribution in [1.29, 1.82) is 0 Å². The first-order chi connectivity index (χ1) is 15.3. The number of fused-ring (bicyclic) bond motifs is 2. The summed E-state index contributed by atoms with van der Waals surface area (Å²) < 4.78 is 12.6. The highest BCUT2D eigenvalue weighted by molar-refractivity contribution is 7.99. The zero-order valence-corrected chi connectivity index (χ0v) is 19.4. The van der Waals surface area contributed by atoms with Crippen LogP contribution in [0.25, 0.3) is 10.2 Å². The number of nitrogens with one attached hydrogen (secondary N) is 2. The number of urea groups is 1. The van der Waals surface area contributed by atoms with Gasteiger partial charge in [-0.15, -0.1) is 11.3 Å². The van der Waals surface area contributed by atoms with Gasteiger partial charge in [0.25, 0.3) is 5.56 Å². The fourth-order valence-electron chi connectivity index (χ4n) is 3.18. The van der Waals surface area contributed by atoms with Crippen molar-refractivity contribution in [3.63, 3.8) is 0 Å². The number of hydrogen-bond donors (Lipinski definition) is 2. The molecule has 0 fully saturated rings. The molecular weight excluding hydrogens is 452 g/mol. The lowest BCUT2D eigenvalue weighted by molar-refractivity contribution is -0.117. The Bertz CT molecular complexity index is 1270. The van der Waals surface area contributed by atoms with E-state index in [2.05, 4.69) is 15.6 Å². The third kappa shape index (κ3) is 4.58. The van der Waals surface area contributed by atoms with Crippen molar-refractivity contribution in [2.75, 3.05) is 24.3 Å². The summed E-state index contributed by atoms with van der Waals surface area (Å²) in [6, 6.07) is 4.38. The van der Waals surface area contributed by atoms with E-state index in [1.807, 2.05) is 13.8 Å². The van der Waals surface area contributed by atoms with Gasteiger partial charge in [-0.25, -0.2) is 9.78 Å². The molecule has 4 rings (SSSR count). The number of hydrogen-bond acceptors (Lipinski definition) is 8. The highest BCUT2D eigenvalue weighted by atomic mass is 32.2. The summed E-state index contributed by atoms with van der Waals surface area (Å²) in [6.45, 7) is 4.96. The van der Waals surface area contributed by atoms with Crippen LogP contribution in [0.2, 0.25) is 0 Å². The molecule has 0 saturated carbocycles. The molecule has 3 heterocycles. The van der Waals surface area contributed by atoms with Gasteiger partial charge in [-0.3, -0.25) is 19.5 Å². The van der Waals surface area contributed by atoms with E-state index in [1.165, 1.54) is 15.9 Å². The van der Waals surface area contributed by atoms with Gasteiger partial charge in [0.15, 0.2) is 16.7 Å². The lowest BCUT2D eigenvalue weighted by atomic mass is 10.2. The number of rotatable bonds is 4. The molecule has 2 N–H and O–H groups in total. The minimum Gasteiger partial charge on any atom is -0.490 e. The van der Waals surface area contributed by atoms with E-state index in [9.17, 15) is 14.4 Å². The van der Waals surface area contributed by atoms with E-state index in [1.54, 1.807) is 25.2 Å². The van der Waals surface area contributed by atoms with Crippen LogP contribution in [0.15, 0.2) is 28.2 Å². The Morgan fingerprint density at radius 3 is 2.75 bits per heavy atom. The van der Waals surface area contributed by atoms with E-state index in [-0.39, 0.29) is 11.3 Å². The molecule has 0 spiro atoms. The Kier molecular flexibility index (Phi) is 6.38. The molecule has 1 aliphatic heterocycles. The van der Waals surface area contributed by atoms with Gasteiger partial charge in [-0.05, 0) is 31.5 Å². The summed E-state index contributed by atoms with van der Waals surface area (Å²) >= 11 is 2.55. The lowest BCUT2D eigenvalue weighted by Gasteiger charge is -2.11. The largest absolute Gasteiger partial charge is 0.490 e. The quantitative estimate of drug-likeness (QED) is 0.441. The molecule has 1 aliphatic rings. The number of thiophene rings is 1. The van der Waals surface area contributed by atoms with Crippen LogP contribution in [-0.2, 0) is 11.8 Å². The Balaban J connectivity index is 1.37. The fourth-order valence-corrected chi connectivity index (χ4v) is 5.02. The Morgan fingerprint density at radius 2 is 1.97 bits per heavy atom. The molecule has 0 aliphatic carbocycles. The number of nitrogens with zero attached hydrogens (tertiary/aromatic N) is 2. The average molecular weight is 475 g/mol. The predicted octanol–water partition coefficient (Wildman–Crippen LogP) is 3.21. The first-order valence-corrected chi connectivity index (χ1v) is 11.7. The number of amides is 3. The van der Waals surface area contributed by atoms with E-state index in [4.69, 9.17) is 9.47 Å². The molecule has 9 nitrogen and oxygen atoms in total. The van der Waals surface area contributed by atoms with Gasteiger partial charge in [-0.2, -0.15) is 0 Å². The lowest BCUT2D eigenvalue weighted by Crippen LogP contribution is -2.35. The van der Waals surface area contributed by atoms with Gasteiger partial charge in [0.1, 0.15) is 4.83 Å². The SMILES string of the molecule is Cc1sc2nc(SCC(=O)NC(=O)Nc3ccc4c(c3)OCCCO4)n(C)c(=O)c2c1C. The molecule has 0 atom stereocenters. The van der Waals surface area contributed by atoms with Gasteiger partial charge < -0.3 is 14.8 Å². The molecule has 0 radical (unpaired) electrons. The molecule has 32 heavy (non-hydrogen) atoms. The fraction of sp³-hybridized carbons (Fsp3) is 0.333. The van der Waals surface area contributed by atoms with Crippen LogP contribution in [0.1, 0.15) is 16.9 Å². The number of ether oxygens (including phenoxy) is 2. The van der Waals surface area contributed by atoms with Crippen molar-refractivity contribution in [3.05, 3.63) is 39.0 Å². The molecule has 3 amide bonds. The third-order valence-corrected chi connectivity index (χ3v) is 7.09. The number of benzene rings is 1. The Morgan fingerprint density at radius 1 is 1.22 bits per heavy atom. The summed E-state index contributed by atoms with van der Waals surface area (Å²) in [5.41, 5.74) is 1.26. The maximum absolute atomic E-state index is 12.7. The molecule has 11 heteroatoms. The monoisotopic (exact) mass is 474 g/mol. The van der Waals surface area contributed by atoms with Crippen LogP contribution in [0.5, 0.6) is 11.5 Å². The number of anilines is 1. The second-order valence-electron chi connectivity index (χ2n) is 7.22. The third-order valence-electron chi connectivity index (χ3n) is 4.96. The van der Waals surface area contributed by atoms with E-state index < -0.39 is 11.9 Å². The first-order valence-electron chi connectivity index (χ1n) is 9.93. The average Bonchev–Trinajstić information content (AvgIpc) is 2.91. The number of thioether (sulfide) groups is 1. The number of carbonyl (C=O) groups is 2. The molecule has 1 aromatic carbocycles. The van der Waals surface area contributed by atoms with Crippen molar-refractivity contribution < 1.29 is 19.1 Å². The zero-order chi connectivity index (χ0) is 22.8. The zero-order valence-electron chi connectivity index (χ0n) is 17.8. The van der Waals surface area contributed by atoms with Gasteiger partial charge >= 0.3 is 6.03 Å². The number of aromatic nitrogens is 2. The van der Waals surface area contributed by atoms with Crippen LogP contribution in [-0.4, -0.2) is 40.5 Å². The summed E-state index contributed by atoms with van der Waals surface area (Å²) in [7, 11) is 1.62. The molecular formula is C21H22N4O5S2. The predicted molar refractivity (Wildman–Crippen MR) is 124 cm³/mol. The van der Waals surface area contributed by atoms with Crippen LogP contribution in [0.3, 0.4) is 0 Å². The second-order valence-corrected chi connectivity index (χ2v) is 9.37. The van der Waals surface area contributed by atoms with Crippen molar-refractivity contribution >= 4 is 50.9 Å². The van der Waals surface area contributed by atoms with Crippen molar-refractivity contribution in [3.8, 4) is 11.5 Å². The van der Waals surface area contributed by atoms with Gasteiger partial charge in [0.2, 0.25) is 5.91 Å². The minimum absolute atomic E-state index is 0.0658. The summed E-state index contributed by atoms with van der Waals surface area (Å²) in [4.78, 5) is 43.4. The maximum Gasteiger partial charge on any atom is 0.325 e. The molecule has 168 valence electrons. The second kappa shape index (κ2) is 9.21. The number of imide groups is 1. The summed E-state index contributed by atoms with van der Waals surface area (Å²) in [6.07, 6.45) is 0.781. The summed E-state index contributed by atoms with van der Waals surface area (Å²) in [5.74, 6) is 0.592. The smallest absolute Gasteiger partial charge is 0.325 e. The van der Waals surface area contributed by atoms with Crippen LogP contribution < -0.4 is 25.7 Å². The molecule has 0 saturated heterocycles.